The zero-order chi connectivity index (χ0) is 15.1. The number of hydrogen-bond donors (Lipinski definition) is 2. The van der Waals surface area contributed by atoms with Crippen molar-refractivity contribution in [3.63, 3.8) is 0 Å². The summed E-state index contributed by atoms with van der Waals surface area (Å²) in [7, 11) is 0. The number of nitrogens with two attached hydrogens (primary N) is 1. The molecule has 4 nitrogen and oxygen atoms in total. The Morgan fingerprint density at radius 1 is 1.38 bits per heavy atom. The number of carbonyl (C=O) groups is 1. The summed E-state index contributed by atoms with van der Waals surface area (Å²) < 4.78 is 0. The van der Waals surface area contributed by atoms with Crippen molar-refractivity contribution in [3.8, 4) is 11.8 Å². The van der Waals surface area contributed by atoms with E-state index in [2.05, 4.69) is 28.1 Å². The number of amides is 1. The van der Waals surface area contributed by atoms with Crippen LogP contribution in [-0.2, 0) is 11.3 Å². The zero-order valence-electron chi connectivity index (χ0n) is 12.6. The number of carbonyl (C=O) groups excluding carboxylic acids is 1. The lowest BCUT2D eigenvalue weighted by Crippen LogP contribution is -2.43. The molecule has 0 unspecified atom stereocenters. The van der Waals surface area contributed by atoms with Crippen LogP contribution in [0.15, 0.2) is 24.3 Å². The van der Waals surface area contributed by atoms with Gasteiger partial charge in [0.2, 0.25) is 5.91 Å². The van der Waals surface area contributed by atoms with Gasteiger partial charge in [0.15, 0.2) is 0 Å². The number of rotatable bonds is 3. The van der Waals surface area contributed by atoms with Gasteiger partial charge in [0, 0.05) is 38.2 Å². The highest BCUT2D eigenvalue weighted by molar-refractivity contribution is 5.73. The third kappa shape index (κ3) is 4.89. The maximum atomic E-state index is 11.1. The van der Waals surface area contributed by atoms with E-state index in [0.717, 1.165) is 38.0 Å². The Balaban J connectivity index is 1.93. The Morgan fingerprint density at radius 3 is 2.76 bits per heavy atom. The fourth-order valence-corrected chi connectivity index (χ4v) is 2.69. The third-order valence-corrected chi connectivity index (χ3v) is 3.73. The van der Waals surface area contributed by atoms with Crippen LogP contribution in [0.5, 0.6) is 0 Å². The fourth-order valence-electron chi connectivity index (χ4n) is 2.69. The monoisotopic (exact) mass is 285 g/mol. The van der Waals surface area contributed by atoms with E-state index in [4.69, 9.17) is 5.73 Å². The van der Waals surface area contributed by atoms with Gasteiger partial charge in [-0.05, 0) is 24.5 Å². The van der Waals surface area contributed by atoms with Crippen molar-refractivity contribution in [2.24, 2.45) is 5.73 Å². The van der Waals surface area contributed by atoms with Gasteiger partial charge in [-0.3, -0.25) is 9.69 Å². The standard InChI is InChI=1S/C17H23N3O/c1-14(21)19-17-8-11-20(12-9-17)13-16-6-3-2-5-15(16)7-4-10-18/h2-3,5-6,17H,8-13,18H2,1H3,(H,19,21). The van der Waals surface area contributed by atoms with Crippen LogP contribution in [0.3, 0.4) is 0 Å². The SMILES string of the molecule is CC(=O)NC1CCN(Cc2ccccc2C#CCN)CC1. The van der Waals surface area contributed by atoms with Gasteiger partial charge in [0.05, 0.1) is 6.54 Å². The maximum absolute atomic E-state index is 11.1. The minimum Gasteiger partial charge on any atom is -0.354 e. The summed E-state index contributed by atoms with van der Waals surface area (Å²) in [5.74, 6) is 6.13. The summed E-state index contributed by atoms with van der Waals surface area (Å²) in [5.41, 5.74) is 7.76. The van der Waals surface area contributed by atoms with E-state index >= 15 is 0 Å². The molecule has 21 heavy (non-hydrogen) atoms. The van der Waals surface area contributed by atoms with Crippen LogP contribution in [0.2, 0.25) is 0 Å². The molecule has 1 aromatic rings. The van der Waals surface area contributed by atoms with E-state index in [9.17, 15) is 4.79 Å². The van der Waals surface area contributed by atoms with Crippen LogP contribution < -0.4 is 11.1 Å². The quantitative estimate of drug-likeness (QED) is 0.818. The molecular weight excluding hydrogens is 262 g/mol. The van der Waals surface area contributed by atoms with E-state index in [0.29, 0.717) is 12.6 Å². The average Bonchev–Trinajstić information content (AvgIpc) is 2.48. The molecule has 4 heteroatoms. The Hall–Kier alpha value is -1.83. The highest BCUT2D eigenvalue weighted by Crippen LogP contribution is 2.16. The van der Waals surface area contributed by atoms with Crippen LogP contribution in [0.25, 0.3) is 0 Å². The highest BCUT2D eigenvalue weighted by atomic mass is 16.1. The Kier molecular flexibility index (Phi) is 5.79. The highest BCUT2D eigenvalue weighted by Gasteiger charge is 2.20. The van der Waals surface area contributed by atoms with Crippen LogP contribution in [0.4, 0.5) is 0 Å². The average molecular weight is 285 g/mol. The van der Waals surface area contributed by atoms with Crippen molar-refractivity contribution in [3.05, 3.63) is 35.4 Å². The van der Waals surface area contributed by atoms with Gasteiger partial charge in [-0.1, -0.05) is 30.0 Å². The minimum absolute atomic E-state index is 0.0656. The van der Waals surface area contributed by atoms with E-state index in [1.165, 1.54) is 5.56 Å². The lowest BCUT2D eigenvalue weighted by atomic mass is 10.0. The van der Waals surface area contributed by atoms with Crippen LogP contribution in [-0.4, -0.2) is 36.5 Å². The molecule has 0 aromatic heterocycles. The van der Waals surface area contributed by atoms with Crippen LogP contribution in [0.1, 0.15) is 30.9 Å². The molecule has 2 rings (SSSR count). The number of likely N-dealkylation sites (tertiary alicyclic amines) is 1. The van der Waals surface area contributed by atoms with Gasteiger partial charge in [0.1, 0.15) is 0 Å². The smallest absolute Gasteiger partial charge is 0.217 e. The van der Waals surface area contributed by atoms with Gasteiger partial charge in [-0.25, -0.2) is 0 Å². The van der Waals surface area contributed by atoms with Crippen LogP contribution in [0, 0.1) is 11.8 Å². The summed E-state index contributed by atoms with van der Waals surface area (Å²) in [4.78, 5) is 13.5. The molecule has 1 amide bonds. The van der Waals surface area contributed by atoms with Crippen molar-refractivity contribution in [2.75, 3.05) is 19.6 Å². The van der Waals surface area contributed by atoms with Gasteiger partial charge in [-0.2, -0.15) is 0 Å². The Bertz CT molecular complexity index is 536. The number of nitrogens with zero attached hydrogens (tertiary/aromatic N) is 1. The summed E-state index contributed by atoms with van der Waals surface area (Å²) in [6, 6.07) is 8.55. The number of hydrogen-bond acceptors (Lipinski definition) is 3. The first-order valence-corrected chi connectivity index (χ1v) is 7.45. The molecule has 0 saturated carbocycles. The predicted octanol–water partition coefficient (Wildman–Crippen LogP) is 1.10. The first-order chi connectivity index (χ1) is 10.2. The van der Waals surface area contributed by atoms with Gasteiger partial charge < -0.3 is 11.1 Å². The normalized spacial score (nSPS) is 16.1. The molecule has 1 saturated heterocycles. The maximum Gasteiger partial charge on any atom is 0.217 e. The second-order valence-corrected chi connectivity index (χ2v) is 5.41. The summed E-state index contributed by atoms with van der Waals surface area (Å²) in [6.07, 6.45) is 2.02. The molecule has 1 fully saturated rings. The predicted molar refractivity (Wildman–Crippen MR) is 84.5 cm³/mol. The van der Waals surface area contributed by atoms with Crippen LogP contribution >= 0.6 is 0 Å². The zero-order valence-corrected chi connectivity index (χ0v) is 12.6. The molecule has 3 N–H and O–H groups in total. The third-order valence-electron chi connectivity index (χ3n) is 3.73. The molecule has 1 heterocycles. The largest absolute Gasteiger partial charge is 0.354 e. The molecule has 0 atom stereocenters. The van der Waals surface area contributed by atoms with Crippen molar-refractivity contribution in [1.29, 1.82) is 0 Å². The van der Waals surface area contributed by atoms with E-state index in [-0.39, 0.29) is 5.91 Å². The van der Waals surface area contributed by atoms with E-state index in [1.807, 2.05) is 18.2 Å². The molecule has 1 aliphatic heterocycles. The molecular formula is C17H23N3O. The minimum atomic E-state index is 0.0656. The number of piperidine rings is 1. The summed E-state index contributed by atoms with van der Waals surface area (Å²) in [6.45, 7) is 4.88. The van der Waals surface area contributed by atoms with Crippen molar-refractivity contribution in [1.82, 2.24) is 10.2 Å². The fraction of sp³-hybridized carbons (Fsp3) is 0.471. The number of benzene rings is 1. The molecule has 0 radical (unpaired) electrons. The molecule has 112 valence electrons. The first-order valence-electron chi connectivity index (χ1n) is 7.45. The summed E-state index contributed by atoms with van der Waals surface area (Å²) in [5, 5.41) is 3.00. The molecule has 0 aliphatic carbocycles. The molecule has 0 bridgehead atoms. The van der Waals surface area contributed by atoms with E-state index < -0.39 is 0 Å². The topological polar surface area (TPSA) is 58.4 Å². The molecule has 1 aromatic carbocycles. The van der Waals surface area contributed by atoms with E-state index in [1.54, 1.807) is 6.92 Å². The van der Waals surface area contributed by atoms with Crippen molar-refractivity contribution in [2.45, 2.75) is 32.4 Å². The molecule has 0 spiro atoms. The Morgan fingerprint density at radius 2 is 2.10 bits per heavy atom. The second kappa shape index (κ2) is 7.82. The van der Waals surface area contributed by atoms with Gasteiger partial charge >= 0.3 is 0 Å². The van der Waals surface area contributed by atoms with Crippen molar-refractivity contribution < 1.29 is 4.79 Å². The molecule has 1 aliphatic rings. The second-order valence-electron chi connectivity index (χ2n) is 5.41. The lowest BCUT2D eigenvalue weighted by Gasteiger charge is -2.32. The number of nitrogens with one attached hydrogen (secondary N) is 1. The Labute approximate surface area is 126 Å². The van der Waals surface area contributed by atoms with Gasteiger partial charge in [0.25, 0.3) is 0 Å². The van der Waals surface area contributed by atoms with Gasteiger partial charge in [-0.15, -0.1) is 0 Å². The first kappa shape index (κ1) is 15.6. The lowest BCUT2D eigenvalue weighted by molar-refractivity contribution is -0.119. The van der Waals surface area contributed by atoms with Crippen molar-refractivity contribution >= 4 is 5.91 Å². The summed E-state index contributed by atoms with van der Waals surface area (Å²) >= 11 is 0.